The van der Waals surface area contributed by atoms with Crippen molar-refractivity contribution in [1.29, 1.82) is 0 Å². The summed E-state index contributed by atoms with van der Waals surface area (Å²) in [7, 11) is 1.61. The van der Waals surface area contributed by atoms with Gasteiger partial charge in [-0.25, -0.2) is 4.79 Å². The lowest BCUT2D eigenvalue weighted by molar-refractivity contribution is -0.143. The van der Waals surface area contributed by atoms with E-state index in [1.54, 1.807) is 27.8 Å². The minimum absolute atomic E-state index is 0.100. The average Bonchev–Trinajstić information content (AvgIpc) is 2.94. The number of alkyl halides is 3. The summed E-state index contributed by atoms with van der Waals surface area (Å²) >= 11 is 0. The van der Waals surface area contributed by atoms with E-state index in [0.29, 0.717) is 32.0 Å². The van der Waals surface area contributed by atoms with E-state index in [4.69, 9.17) is 4.74 Å². The molecule has 3 N–H and O–H groups in total. The second kappa shape index (κ2) is 10.7. The van der Waals surface area contributed by atoms with Crippen LogP contribution < -0.4 is 16.0 Å². The number of guanidine groups is 1. The second-order valence-electron chi connectivity index (χ2n) is 8.07. The zero-order chi connectivity index (χ0) is 21.4. The lowest BCUT2D eigenvalue weighted by Crippen LogP contribution is -2.50. The standard InChI is InChI=1S/C18H34F3N5O2/c1-6-7-13(25-16(27)28-17(2,3)4)10-23-15(22-5)24-14-8-9-26(11-14)12-18(19,20)21/h13-14H,6-12H2,1-5H3,(H,25,27)(H2,22,23,24). The molecule has 0 aromatic carbocycles. The van der Waals surface area contributed by atoms with E-state index in [-0.39, 0.29) is 12.1 Å². The first-order valence-electron chi connectivity index (χ1n) is 9.67. The molecule has 10 heteroatoms. The molecular formula is C18H34F3N5O2. The summed E-state index contributed by atoms with van der Waals surface area (Å²) in [6.45, 7) is 7.67. The van der Waals surface area contributed by atoms with Crippen LogP contribution in [-0.2, 0) is 4.74 Å². The van der Waals surface area contributed by atoms with Gasteiger partial charge in [0.15, 0.2) is 5.96 Å². The molecule has 0 aromatic heterocycles. The van der Waals surface area contributed by atoms with Crippen molar-refractivity contribution in [2.45, 2.75) is 70.8 Å². The summed E-state index contributed by atoms with van der Waals surface area (Å²) in [4.78, 5) is 17.5. The van der Waals surface area contributed by atoms with E-state index in [9.17, 15) is 18.0 Å². The molecule has 0 aliphatic carbocycles. The molecule has 0 aromatic rings. The third kappa shape index (κ3) is 10.6. The number of alkyl carbamates (subject to hydrolysis) is 1. The van der Waals surface area contributed by atoms with Gasteiger partial charge in [-0.05, 0) is 33.6 Å². The van der Waals surface area contributed by atoms with E-state index >= 15 is 0 Å². The predicted molar refractivity (Wildman–Crippen MR) is 103 cm³/mol. The minimum atomic E-state index is -4.18. The number of ether oxygens (including phenoxy) is 1. The molecular weight excluding hydrogens is 375 g/mol. The molecule has 1 heterocycles. The quantitative estimate of drug-likeness (QED) is 0.445. The smallest absolute Gasteiger partial charge is 0.407 e. The van der Waals surface area contributed by atoms with E-state index in [0.717, 1.165) is 12.8 Å². The van der Waals surface area contributed by atoms with Crippen LogP contribution in [0.5, 0.6) is 0 Å². The Balaban J connectivity index is 2.47. The summed E-state index contributed by atoms with van der Waals surface area (Å²) in [5.41, 5.74) is -0.573. The van der Waals surface area contributed by atoms with Crippen LogP contribution in [0.3, 0.4) is 0 Å². The number of likely N-dealkylation sites (tertiary alicyclic amines) is 1. The Bertz CT molecular complexity index is 520. The fourth-order valence-electron chi connectivity index (χ4n) is 3.00. The number of amides is 1. The molecule has 1 aliphatic heterocycles. The number of carbonyl (C=O) groups is 1. The predicted octanol–water partition coefficient (Wildman–Crippen LogP) is 2.48. The summed E-state index contributed by atoms with van der Waals surface area (Å²) in [5, 5.41) is 9.14. The Morgan fingerprint density at radius 3 is 2.54 bits per heavy atom. The highest BCUT2D eigenvalue weighted by Crippen LogP contribution is 2.19. The number of nitrogens with zero attached hydrogens (tertiary/aromatic N) is 2. The van der Waals surface area contributed by atoms with Gasteiger partial charge >= 0.3 is 12.3 Å². The van der Waals surface area contributed by atoms with Gasteiger partial charge in [-0.1, -0.05) is 13.3 Å². The molecule has 7 nitrogen and oxygen atoms in total. The van der Waals surface area contributed by atoms with Gasteiger partial charge in [0.25, 0.3) is 0 Å². The molecule has 1 saturated heterocycles. The summed E-state index contributed by atoms with van der Waals surface area (Å²) < 4.78 is 42.8. The zero-order valence-electron chi connectivity index (χ0n) is 17.4. The molecule has 0 spiro atoms. The highest BCUT2D eigenvalue weighted by molar-refractivity contribution is 5.80. The number of rotatable bonds is 7. The molecule has 1 aliphatic rings. The monoisotopic (exact) mass is 409 g/mol. The van der Waals surface area contributed by atoms with Crippen molar-refractivity contribution >= 4 is 12.1 Å². The molecule has 164 valence electrons. The van der Waals surface area contributed by atoms with Crippen LogP contribution in [0.4, 0.5) is 18.0 Å². The molecule has 0 saturated carbocycles. The van der Waals surface area contributed by atoms with Crippen molar-refractivity contribution in [3.05, 3.63) is 0 Å². The second-order valence-corrected chi connectivity index (χ2v) is 8.07. The first kappa shape index (κ1) is 24.3. The molecule has 1 amide bonds. The van der Waals surface area contributed by atoms with Gasteiger partial charge in [-0.2, -0.15) is 13.2 Å². The molecule has 1 rings (SSSR count). The third-order valence-electron chi connectivity index (χ3n) is 4.11. The fraction of sp³-hybridized carbons (Fsp3) is 0.889. The number of carbonyl (C=O) groups excluding carboxylic acids is 1. The first-order chi connectivity index (χ1) is 12.9. The van der Waals surface area contributed by atoms with E-state index in [1.807, 2.05) is 6.92 Å². The molecule has 2 atom stereocenters. The van der Waals surface area contributed by atoms with Gasteiger partial charge in [0.1, 0.15) is 5.60 Å². The Labute approximate surface area is 165 Å². The Hall–Kier alpha value is -1.71. The van der Waals surface area contributed by atoms with E-state index < -0.39 is 24.4 Å². The van der Waals surface area contributed by atoms with Gasteiger partial charge in [-0.3, -0.25) is 9.89 Å². The normalized spacial score (nSPS) is 20.0. The number of hydrogen-bond donors (Lipinski definition) is 3. The van der Waals surface area contributed by atoms with Crippen molar-refractivity contribution < 1.29 is 22.7 Å². The van der Waals surface area contributed by atoms with Gasteiger partial charge in [0, 0.05) is 38.8 Å². The van der Waals surface area contributed by atoms with Crippen molar-refractivity contribution in [3.8, 4) is 0 Å². The van der Waals surface area contributed by atoms with Gasteiger partial charge in [0.2, 0.25) is 0 Å². The Morgan fingerprint density at radius 2 is 2.00 bits per heavy atom. The maximum atomic E-state index is 12.5. The largest absolute Gasteiger partial charge is 0.444 e. The summed E-state index contributed by atoms with van der Waals surface area (Å²) in [6.07, 6.45) is -2.41. The van der Waals surface area contributed by atoms with Gasteiger partial charge in [0.05, 0.1) is 6.54 Å². The minimum Gasteiger partial charge on any atom is -0.444 e. The summed E-state index contributed by atoms with van der Waals surface area (Å²) in [5.74, 6) is 0.506. The van der Waals surface area contributed by atoms with Crippen LogP contribution in [0.25, 0.3) is 0 Å². The van der Waals surface area contributed by atoms with Gasteiger partial charge in [-0.15, -0.1) is 0 Å². The van der Waals surface area contributed by atoms with E-state index in [2.05, 4.69) is 20.9 Å². The molecule has 1 fully saturated rings. The average molecular weight is 409 g/mol. The Morgan fingerprint density at radius 1 is 1.32 bits per heavy atom. The summed E-state index contributed by atoms with van der Waals surface area (Å²) in [6, 6.07) is -0.249. The molecule has 28 heavy (non-hydrogen) atoms. The van der Waals surface area contributed by atoms with Crippen LogP contribution in [0.1, 0.15) is 47.0 Å². The SMILES string of the molecule is CCCC(CNC(=NC)NC1CCN(CC(F)(F)F)C1)NC(=O)OC(C)(C)C. The molecule has 2 unspecified atom stereocenters. The van der Waals surface area contributed by atoms with Crippen LogP contribution in [0.2, 0.25) is 0 Å². The highest BCUT2D eigenvalue weighted by Gasteiger charge is 2.34. The molecule has 0 radical (unpaired) electrons. The van der Waals surface area contributed by atoms with Crippen LogP contribution in [0.15, 0.2) is 4.99 Å². The number of halogens is 3. The maximum Gasteiger partial charge on any atom is 0.407 e. The fourth-order valence-corrected chi connectivity index (χ4v) is 3.00. The molecule has 0 bridgehead atoms. The lowest BCUT2D eigenvalue weighted by Gasteiger charge is -2.25. The van der Waals surface area contributed by atoms with Crippen LogP contribution in [-0.4, -0.2) is 74.0 Å². The van der Waals surface area contributed by atoms with Gasteiger partial charge < -0.3 is 20.7 Å². The van der Waals surface area contributed by atoms with Crippen LogP contribution >= 0.6 is 0 Å². The topological polar surface area (TPSA) is 78.0 Å². The third-order valence-corrected chi connectivity index (χ3v) is 4.11. The van der Waals surface area contributed by atoms with Crippen LogP contribution in [0, 0.1) is 0 Å². The first-order valence-corrected chi connectivity index (χ1v) is 9.67. The number of aliphatic imine (C=N–C) groups is 1. The Kier molecular flexibility index (Phi) is 9.32. The van der Waals surface area contributed by atoms with E-state index in [1.165, 1.54) is 4.90 Å². The number of hydrogen-bond acceptors (Lipinski definition) is 4. The highest BCUT2D eigenvalue weighted by atomic mass is 19.4. The van der Waals surface area contributed by atoms with Crippen molar-refractivity contribution in [2.24, 2.45) is 4.99 Å². The lowest BCUT2D eigenvalue weighted by atomic mass is 10.1. The van der Waals surface area contributed by atoms with Crippen molar-refractivity contribution in [1.82, 2.24) is 20.9 Å². The zero-order valence-corrected chi connectivity index (χ0v) is 17.4. The number of nitrogens with one attached hydrogen (secondary N) is 3. The van der Waals surface area contributed by atoms with Crippen molar-refractivity contribution in [2.75, 3.05) is 33.2 Å². The van der Waals surface area contributed by atoms with Crippen molar-refractivity contribution in [3.63, 3.8) is 0 Å². The maximum absolute atomic E-state index is 12.5.